The van der Waals surface area contributed by atoms with Crippen molar-refractivity contribution in [3.8, 4) is 0 Å². The van der Waals surface area contributed by atoms with Crippen molar-refractivity contribution in [3.63, 3.8) is 0 Å². The van der Waals surface area contributed by atoms with E-state index < -0.39 is 6.43 Å². The Labute approximate surface area is 81.2 Å². The molecular weight excluding hydrogens is 218 g/mol. The van der Waals surface area contributed by atoms with Gasteiger partial charge in [-0.2, -0.15) is 0 Å². The van der Waals surface area contributed by atoms with Crippen LogP contribution in [0.15, 0.2) is 12.4 Å². The Morgan fingerprint density at radius 2 is 2.15 bits per heavy atom. The summed E-state index contributed by atoms with van der Waals surface area (Å²) in [5.74, 6) is 0. The van der Waals surface area contributed by atoms with Crippen LogP contribution < -0.4 is 0 Å². The summed E-state index contributed by atoms with van der Waals surface area (Å²) in [6.45, 7) is 0. The summed E-state index contributed by atoms with van der Waals surface area (Å²) in [4.78, 5) is 7.49. The van der Waals surface area contributed by atoms with E-state index in [1.165, 1.54) is 12.4 Å². The molecule has 0 aliphatic carbocycles. The molecule has 0 aliphatic rings. The maximum atomic E-state index is 12.2. The highest BCUT2D eigenvalue weighted by atomic mass is 35.5. The molecule has 0 unspecified atom stereocenters. The van der Waals surface area contributed by atoms with Gasteiger partial charge in [0.15, 0.2) is 5.01 Å². The van der Waals surface area contributed by atoms with Crippen LogP contribution in [0.25, 0.3) is 10.2 Å². The van der Waals surface area contributed by atoms with E-state index in [-0.39, 0.29) is 5.01 Å². The fourth-order valence-corrected chi connectivity index (χ4v) is 2.01. The van der Waals surface area contributed by atoms with Gasteiger partial charge in [0.25, 0.3) is 6.43 Å². The monoisotopic (exact) mass is 220 g/mol. The fraction of sp³-hybridized carbons (Fsp3) is 0.143. The zero-order chi connectivity index (χ0) is 9.42. The first-order valence-corrected chi connectivity index (χ1v) is 4.56. The van der Waals surface area contributed by atoms with Crippen LogP contribution in [0.2, 0.25) is 5.02 Å². The summed E-state index contributed by atoms with van der Waals surface area (Å²) in [7, 11) is 0. The van der Waals surface area contributed by atoms with E-state index in [0.717, 1.165) is 11.3 Å². The first kappa shape index (κ1) is 8.77. The SMILES string of the molecule is FC(F)c1nc2c(Cl)cncc2s1. The van der Waals surface area contributed by atoms with Gasteiger partial charge in [0.05, 0.1) is 9.72 Å². The molecule has 0 aliphatic heterocycles. The van der Waals surface area contributed by atoms with Crippen LogP contribution in [-0.2, 0) is 0 Å². The van der Waals surface area contributed by atoms with E-state index in [0.29, 0.717) is 15.2 Å². The molecule has 2 aromatic heterocycles. The van der Waals surface area contributed by atoms with Crippen LogP contribution in [0.5, 0.6) is 0 Å². The Morgan fingerprint density at radius 3 is 2.77 bits per heavy atom. The fourth-order valence-electron chi connectivity index (χ4n) is 0.933. The van der Waals surface area contributed by atoms with Gasteiger partial charge in [-0.1, -0.05) is 11.6 Å². The van der Waals surface area contributed by atoms with Gasteiger partial charge in [-0.15, -0.1) is 11.3 Å². The van der Waals surface area contributed by atoms with Gasteiger partial charge >= 0.3 is 0 Å². The summed E-state index contributed by atoms with van der Waals surface area (Å²) in [6.07, 6.45) is 0.317. The number of alkyl halides is 2. The van der Waals surface area contributed by atoms with Crippen LogP contribution in [-0.4, -0.2) is 9.97 Å². The average Bonchev–Trinajstić information content (AvgIpc) is 2.49. The minimum atomic E-state index is -2.55. The van der Waals surface area contributed by atoms with E-state index in [1.807, 2.05) is 0 Å². The summed E-state index contributed by atoms with van der Waals surface area (Å²) >= 11 is 6.62. The van der Waals surface area contributed by atoms with Gasteiger partial charge in [0.1, 0.15) is 5.52 Å². The van der Waals surface area contributed by atoms with Crippen molar-refractivity contribution >= 4 is 33.2 Å². The molecule has 68 valence electrons. The molecule has 0 atom stereocenters. The molecule has 0 bridgehead atoms. The minimum Gasteiger partial charge on any atom is -0.262 e. The quantitative estimate of drug-likeness (QED) is 0.737. The lowest BCUT2D eigenvalue weighted by atomic mass is 10.4. The highest BCUT2D eigenvalue weighted by Gasteiger charge is 2.14. The van der Waals surface area contributed by atoms with E-state index in [4.69, 9.17) is 11.6 Å². The summed E-state index contributed by atoms with van der Waals surface area (Å²) in [5, 5.41) is 0.0885. The number of halogens is 3. The Hall–Kier alpha value is -0.810. The Kier molecular flexibility index (Phi) is 2.13. The lowest BCUT2D eigenvalue weighted by molar-refractivity contribution is 0.151. The van der Waals surface area contributed by atoms with Gasteiger partial charge in [-0.05, 0) is 0 Å². The third kappa shape index (κ3) is 1.49. The molecule has 6 heteroatoms. The summed E-state index contributed by atoms with van der Waals surface area (Å²) in [5.41, 5.74) is 0.400. The number of thiazole rings is 1. The maximum Gasteiger partial charge on any atom is 0.289 e. The van der Waals surface area contributed by atoms with Gasteiger partial charge in [0, 0.05) is 12.4 Å². The third-order valence-corrected chi connectivity index (χ3v) is 2.74. The molecule has 0 amide bonds. The van der Waals surface area contributed by atoms with Gasteiger partial charge in [0.2, 0.25) is 0 Å². The molecule has 2 nitrogen and oxygen atoms in total. The van der Waals surface area contributed by atoms with Crippen molar-refractivity contribution in [1.82, 2.24) is 9.97 Å². The molecule has 0 saturated heterocycles. The second-order valence-electron chi connectivity index (χ2n) is 2.32. The average molecular weight is 221 g/mol. The lowest BCUT2D eigenvalue weighted by Gasteiger charge is -1.88. The number of aromatic nitrogens is 2. The lowest BCUT2D eigenvalue weighted by Crippen LogP contribution is -1.80. The number of pyridine rings is 1. The molecule has 0 N–H and O–H groups in total. The smallest absolute Gasteiger partial charge is 0.262 e. The highest BCUT2D eigenvalue weighted by molar-refractivity contribution is 7.18. The molecule has 0 spiro atoms. The zero-order valence-corrected chi connectivity index (χ0v) is 7.74. The van der Waals surface area contributed by atoms with E-state index in [2.05, 4.69) is 9.97 Å². The highest BCUT2D eigenvalue weighted by Crippen LogP contribution is 2.31. The van der Waals surface area contributed by atoms with Crippen LogP contribution in [0.1, 0.15) is 11.4 Å². The maximum absolute atomic E-state index is 12.2. The summed E-state index contributed by atoms with van der Waals surface area (Å²) < 4.78 is 25.0. The minimum absolute atomic E-state index is 0.218. The number of rotatable bonds is 1. The van der Waals surface area contributed by atoms with Crippen molar-refractivity contribution < 1.29 is 8.78 Å². The molecule has 2 heterocycles. The number of fused-ring (bicyclic) bond motifs is 1. The molecule has 2 aromatic rings. The summed E-state index contributed by atoms with van der Waals surface area (Å²) in [6, 6.07) is 0. The van der Waals surface area contributed by atoms with E-state index in [9.17, 15) is 8.78 Å². The molecule has 13 heavy (non-hydrogen) atoms. The van der Waals surface area contributed by atoms with Gasteiger partial charge in [-0.3, -0.25) is 4.98 Å². The molecule has 0 fully saturated rings. The van der Waals surface area contributed by atoms with Crippen molar-refractivity contribution in [2.45, 2.75) is 6.43 Å². The second-order valence-corrected chi connectivity index (χ2v) is 3.79. The second kappa shape index (κ2) is 3.16. The molecule has 0 aromatic carbocycles. The Balaban J connectivity index is 2.68. The first-order valence-electron chi connectivity index (χ1n) is 3.36. The third-order valence-electron chi connectivity index (χ3n) is 1.46. The van der Waals surface area contributed by atoms with Gasteiger partial charge < -0.3 is 0 Å². The standard InChI is InChI=1S/C7H3ClF2N2S/c8-3-1-11-2-4-5(3)12-7(13-4)6(9)10/h1-2,6H. The van der Waals surface area contributed by atoms with Crippen molar-refractivity contribution in [3.05, 3.63) is 22.4 Å². The van der Waals surface area contributed by atoms with Crippen LogP contribution in [0.3, 0.4) is 0 Å². The largest absolute Gasteiger partial charge is 0.289 e. The van der Waals surface area contributed by atoms with Crippen LogP contribution >= 0.6 is 22.9 Å². The number of hydrogen-bond acceptors (Lipinski definition) is 3. The normalized spacial score (nSPS) is 11.4. The van der Waals surface area contributed by atoms with E-state index in [1.54, 1.807) is 0 Å². The predicted molar refractivity (Wildman–Crippen MR) is 47.4 cm³/mol. The first-order chi connectivity index (χ1) is 6.18. The van der Waals surface area contributed by atoms with Crippen LogP contribution in [0, 0.1) is 0 Å². The topological polar surface area (TPSA) is 25.8 Å². The Bertz CT molecular complexity index is 443. The van der Waals surface area contributed by atoms with Gasteiger partial charge in [-0.25, -0.2) is 13.8 Å². The predicted octanol–water partition coefficient (Wildman–Crippen LogP) is 3.28. The molecule has 2 rings (SSSR count). The molecule has 0 saturated carbocycles. The van der Waals surface area contributed by atoms with Crippen LogP contribution in [0.4, 0.5) is 8.78 Å². The Morgan fingerprint density at radius 1 is 1.38 bits per heavy atom. The molecular formula is C7H3ClF2N2S. The zero-order valence-electron chi connectivity index (χ0n) is 6.17. The molecule has 0 radical (unpaired) electrons. The van der Waals surface area contributed by atoms with Crippen molar-refractivity contribution in [2.24, 2.45) is 0 Å². The van der Waals surface area contributed by atoms with Crippen molar-refractivity contribution in [2.75, 3.05) is 0 Å². The van der Waals surface area contributed by atoms with Crippen molar-refractivity contribution in [1.29, 1.82) is 0 Å². The number of nitrogens with zero attached hydrogens (tertiary/aromatic N) is 2. The van der Waals surface area contributed by atoms with E-state index >= 15 is 0 Å². The number of hydrogen-bond donors (Lipinski definition) is 0.